The number of carbonyl (C=O) groups is 1. The molecule has 1 saturated carbocycles. The zero-order chi connectivity index (χ0) is 16.8. The summed E-state index contributed by atoms with van der Waals surface area (Å²) < 4.78 is 5.45. The van der Waals surface area contributed by atoms with Crippen LogP contribution in [0.5, 0.6) is 5.75 Å². The Hall–Kier alpha value is -1.85. The SMILES string of the molecule is COc1ccccc1CN(CC(=O)NCC1CC1)Cc1cccs1. The van der Waals surface area contributed by atoms with Crippen molar-refractivity contribution in [3.05, 3.63) is 52.2 Å². The zero-order valence-corrected chi connectivity index (χ0v) is 14.8. The topological polar surface area (TPSA) is 41.6 Å². The molecule has 1 aromatic carbocycles. The Bertz CT molecular complexity index is 653. The van der Waals surface area contributed by atoms with Crippen molar-refractivity contribution in [2.24, 2.45) is 5.92 Å². The molecule has 1 fully saturated rings. The van der Waals surface area contributed by atoms with E-state index in [2.05, 4.69) is 33.8 Å². The number of para-hydroxylation sites is 1. The molecule has 1 aliphatic rings. The maximum Gasteiger partial charge on any atom is 0.234 e. The van der Waals surface area contributed by atoms with Gasteiger partial charge in [-0.25, -0.2) is 0 Å². The molecule has 1 heterocycles. The van der Waals surface area contributed by atoms with Gasteiger partial charge in [0.15, 0.2) is 0 Å². The Kier molecular flexibility index (Phi) is 5.88. The molecular weight excluding hydrogens is 320 g/mol. The van der Waals surface area contributed by atoms with Crippen molar-refractivity contribution in [3.63, 3.8) is 0 Å². The van der Waals surface area contributed by atoms with E-state index >= 15 is 0 Å². The summed E-state index contributed by atoms with van der Waals surface area (Å²) in [7, 11) is 1.69. The van der Waals surface area contributed by atoms with Gasteiger partial charge in [-0.2, -0.15) is 0 Å². The van der Waals surface area contributed by atoms with Crippen LogP contribution < -0.4 is 10.1 Å². The number of rotatable bonds is 9. The molecule has 2 aromatic rings. The van der Waals surface area contributed by atoms with Crippen LogP contribution in [0.25, 0.3) is 0 Å². The first-order chi connectivity index (χ1) is 11.7. The maximum absolute atomic E-state index is 12.3. The lowest BCUT2D eigenvalue weighted by atomic mass is 10.2. The summed E-state index contributed by atoms with van der Waals surface area (Å²) in [5.41, 5.74) is 1.10. The predicted octanol–water partition coefficient (Wildman–Crippen LogP) is 3.29. The molecule has 1 aliphatic carbocycles. The highest BCUT2D eigenvalue weighted by Gasteiger charge is 2.22. The van der Waals surface area contributed by atoms with E-state index < -0.39 is 0 Å². The predicted molar refractivity (Wildman–Crippen MR) is 97.2 cm³/mol. The molecular formula is C19H24N2O2S. The van der Waals surface area contributed by atoms with Crippen molar-refractivity contribution < 1.29 is 9.53 Å². The number of methoxy groups -OCH3 is 1. The van der Waals surface area contributed by atoms with Gasteiger partial charge in [0, 0.05) is 30.1 Å². The molecule has 0 unspecified atom stereocenters. The number of hydrogen-bond donors (Lipinski definition) is 1. The molecule has 0 atom stereocenters. The first-order valence-electron chi connectivity index (χ1n) is 8.38. The standard InChI is InChI=1S/C19H24N2O2S/c1-23-18-7-3-2-5-16(18)12-21(13-17-6-4-10-24-17)14-19(22)20-11-15-8-9-15/h2-7,10,15H,8-9,11-14H2,1H3,(H,20,22). The van der Waals surface area contributed by atoms with E-state index in [0.29, 0.717) is 19.0 Å². The quantitative estimate of drug-likeness (QED) is 0.759. The lowest BCUT2D eigenvalue weighted by molar-refractivity contribution is -0.122. The van der Waals surface area contributed by atoms with Gasteiger partial charge in [0.25, 0.3) is 0 Å². The van der Waals surface area contributed by atoms with Gasteiger partial charge in [-0.1, -0.05) is 24.3 Å². The van der Waals surface area contributed by atoms with Gasteiger partial charge < -0.3 is 10.1 Å². The summed E-state index contributed by atoms with van der Waals surface area (Å²) in [5, 5.41) is 5.13. The number of ether oxygens (including phenoxy) is 1. The highest BCUT2D eigenvalue weighted by Crippen LogP contribution is 2.27. The second kappa shape index (κ2) is 8.31. The van der Waals surface area contributed by atoms with E-state index in [9.17, 15) is 4.79 Å². The number of nitrogens with one attached hydrogen (secondary N) is 1. The van der Waals surface area contributed by atoms with Crippen molar-refractivity contribution in [2.45, 2.75) is 25.9 Å². The fourth-order valence-electron chi connectivity index (χ4n) is 2.70. The molecule has 0 aliphatic heterocycles. The van der Waals surface area contributed by atoms with Crippen molar-refractivity contribution in [2.75, 3.05) is 20.2 Å². The van der Waals surface area contributed by atoms with Crippen molar-refractivity contribution in [1.82, 2.24) is 10.2 Å². The van der Waals surface area contributed by atoms with Crippen LogP contribution >= 0.6 is 11.3 Å². The minimum atomic E-state index is 0.105. The van der Waals surface area contributed by atoms with Gasteiger partial charge in [-0.3, -0.25) is 9.69 Å². The Labute approximate surface area is 147 Å². The largest absolute Gasteiger partial charge is 0.496 e. The van der Waals surface area contributed by atoms with Crippen LogP contribution in [0.2, 0.25) is 0 Å². The molecule has 0 spiro atoms. The number of amides is 1. The maximum atomic E-state index is 12.3. The number of nitrogens with zero attached hydrogens (tertiary/aromatic N) is 1. The molecule has 1 aromatic heterocycles. The molecule has 1 amide bonds. The Balaban J connectivity index is 1.65. The highest BCUT2D eigenvalue weighted by molar-refractivity contribution is 7.09. The number of carbonyl (C=O) groups excluding carboxylic acids is 1. The summed E-state index contributed by atoms with van der Waals surface area (Å²) in [4.78, 5) is 15.7. The molecule has 24 heavy (non-hydrogen) atoms. The summed E-state index contributed by atoms with van der Waals surface area (Å²) in [6.45, 7) is 2.69. The minimum Gasteiger partial charge on any atom is -0.496 e. The van der Waals surface area contributed by atoms with Gasteiger partial charge >= 0.3 is 0 Å². The first kappa shape index (κ1) is 17.0. The molecule has 1 N–H and O–H groups in total. The van der Waals surface area contributed by atoms with Gasteiger partial charge in [0.1, 0.15) is 5.75 Å². The van der Waals surface area contributed by atoms with Crippen LogP contribution in [0.3, 0.4) is 0 Å². The minimum absolute atomic E-state index is 0.105. The summed E-state index contributed by atoms with van der Waals surface area (Å²) in [6, 6.07) is 12.2. The fraction of sp³-hybridized carbons (Fsp3) is 0.421. The zero-order valence-electron chi connectivity index (χ0n) is 14.0. The van der Waals surface area contributed by atoms with E-state index in [1.165, 1.54) is 17.7 Å². The average molecular weight is 344 g/mol. The van der Waals surface area contributed by atoms with Gasteiger partial charge in [-0.15, -0.1) is 11.3 Å². The van der Waals surface area contributed by atoms with Crippen molar-refractivity contribution in [1.29, 1.82) is 0 Å². The average Bonchev–Trinajstić information content (AvgIpc) is 3.29. The lowest BCUT2D eigenvalue weighted by Gasteiger charge is -2.22. The Morgan fingerprint density at radius 1 is 1.25 bits per heavy atom. The lowest BCUT2D eigenvalue weighted by Crippen LogP contribution is -2.37. The van der Waals surface area contributed by atoms with Gasteiger partial charge in [0.05, 0.1) is 13.7 Å². The summed E-state index contributed by atoms with van der Waals surface area (Å²) in [5.74, 6) is 1.68. The number of benzene rings is 1. The summed E-state index contributed by atoms with van der Waals surface area (Å²) >= 11 is 1.72. The van der Waals surface area contributed by atoms with Crippen LogP contribution in [-0.2, 0) is 17.9 Å². The van der Waals surface area contributed by atoms with Crippen molar-refractivity contribution >= 4 is 17.2 Å². The number of thiophene rings is 1. The van der Waals surface area contributed by atoms with E-state index in [4.69, 9.17) is 4.74 Å². The van der Waals surface area contributed by atoms with E-state index in [-0.39, 0.29) is 5.91 Å². The van der Waals surface area contributed by atoms with Crippen molar-refractivity contribution in [3.8, 4) is 5.75 Å². The number of hydrogen-bond acceptors (Lipinski definition) is 4. The van der Waals surface area contributed by atoms with Crippen LogP contribution in [0.4, 0.5) is 0 Å². The highest BCUT2D eigenvalue weighted by atomic mass is 32.1. The molecule has 0 saturated heterocycles. The Morgan fingerprint density at radius 3 is 2.79 bits per heavy atom. The Morgan fingerprint density at radius 2 is 2.08 bits per heavy atom. The fourth-order valence-corrected chi connectivity index (χ4v) is 3.45. The van der Waals surface area contributed by atoms with Crippen LogP contribution in [0.15, 0.2) is 41.8 Å². The van der Waals surface area contributed by atoms with E-state index in [1.54, 1.807) is 18.4 Å². The third kappa shape index (κ3) is 5.08. The normalized spacial score (nSPS) is 13.9. The first-order valence-corrected chi connectivity index (χ1v) is 9.26. The van der Waals surface area contributed by atoms with Gasteiger partial charge in [0.2, 0.25) is 5.91 Å². The van der Waals surface area contributed by atoms with Gasteiger partial charge in [-0.05, 0) is 36.3 Å². The van der Waals surface area contributed by atoms with E-state index in [1.807, 2.05) is 18.2 Å². The van der Waals surface area contributed by atoms with E-state index in [0.717, 1.165) is 24.4 Å². The third-order valence-electron chi connectivity index (χ3n) is 4.20. The monoisotopic (exact) mass is 344 g/mol. The molecule has 5 heteroatoms. The molecule has 0 radical (unpaired) electrons. The second-order valence-electron chi connectivity index (χ2n) is 6.28. The molecule has 0 bridgehead atoms. The molecule has 3 rings (SSSR count). The van der Waals surface area contributed by atoms with Crippen LogP contribution in [0.1, 0.15) is 23.3 Å². The van der Waals surface area contributed by atoms with Crippen LogP contribution in [0, 0.1) is 5.92 Å². The molecule has 128 valence electrons. The summed E-state index contributed by atoms with van der Waals surface area (Å²) in [6.07, 6.45) is 2.50. The molecule has 4 nitrogen and oxygen atoms in total. The third-order valence-corrected chi connectivity index (χ3v) is 5.06. The second-order valence-corrected chi connectivity index (χ2v) is 7.32. The van der Waals surface area contributed by atoms with Crippen LogP contribution in [-0.4, -0.2) is 31.0 Å². The smallest absolute Gasteiger partial charge is 0.234 e.